The van der Waals surface area contributed by atoms with Crippen LogP contribution in [-0.2, 0) is 6.54 Å². The number of hydrogen-bond acceptors (Lipinski definition) is 3. The number of hydrogen-bond donors (Lipinski definition) is 0. The van der Waals surface area contributed by atoms with E-state index < -0.39 is 17.7 Å². The van der Waals surface area contributed by atoms with Gasteiger partial charge in [-0.3, -0.25) is 4.79 Å². The fourth-order valence-electron chi connectivity index (χ4n) is 2.33. The van der Waals surface area contributed by atoms with Gasteiger partial charge in [0.25, 0.3) is 5.78 Å². The predicted molar refractivity (Wildman–Crippen MR) is 81.4 cm³/mol. The average molecular weight is 331 g/mol. The molecule has 0 atom stereocenters. The third-order valence-corrected chi connectivity index (χ3v) is 3.43. The zero-order valence-corrected chi connectivity index (χ0v) is 12.4. The lowest BCUT2D eigenvalue weighted by Gasteiger charge is -2.09. The third kappa shape index (κ3) is 3.19. The van der Waals surface area contributed by atoms with Gasteiger partial charge < -0.3 is 0 Å². The Morgan fingerprint density at radius 2 is 1.54 bits per heavy atom. The van der Waals surface area contributed by atoms with Crippen LogP contribution in [0.15, 0.2) is 60.7 Å². The standard InChI is InChI=1S/C17H12F3N3O/c18-17(19,20)16(24)15-14(13-9-5-2-6-10-13)21-22-23(15)11-12-7-3-1-4-8-12/h1-10H,11H2. The summed E-state index contributed by atoms with van der Waals surface area (Å²) in [7, 11) is 0. The highest BCUT2D eigenvalue weighted by Gasteiger charge is 2.43. The highest BCUT2D eigenvalue weighted by Crippen LogP contribution is 2.28. The van der Waals surface area contributed by atoms with Crippen molar-refractivity contribution in [3.8, 4) is 11.3 Å². The van der Waals surface area contributed by atoms with Crippen LogP contribution in [0, 0.1) is 0 Å². The number of benzene rings is 2. The van der Waals surface area contributed by atoms with Gasteiger partial charge in [0, 0.05) is 5.56 Å². The molecule has 3 rings (SSSR count). The second kappa shape index (κ2) is 6.27. The Bertz CT molecular complexity index is 843. The predicted octanol–water partition coefficient (Wildman–Crippen LogP) is 3.74. The summed E-state index contributed by atoms with van der Waals surface area (Å²) in [5.74, 6) is -1.96. The van der Waals surface area contributed by atoms with E-state index in [4.69, 9.17) is 0 Å². The van der Waals surface area contributed by atoms with E-state index in [0.29, 0.717) is 5.56 Å². The minimum atomic E-state index is -5.00. The molecule has 3 aromatic rings. The van der Waals surface area contributed by atoms with Crippen molar-refractivity contribution in [2.24, 2.45) is 0 Å². The molecular formula is C17H12F3N3O. The van der Waals surface area contributed by atoms with Crippen LogP contribution < -0.4 is 0 Å². The Hall–Kier alpha value is -2.96. The summed E-state index contributed by atoms with van der Waals surface area (Å²) < 4.78 is 40.0. The molecule has 1 heterocycles. The van der Waals surface area contributed by atoms with Crippen LogP contribution in [0.5, 0.6) is 0 Å². The molecule has 0 spiro atoms. The summed E-state index contributed by atoms with van der Waals surface area (Å²) in [6.07, 6.45) is -5.00. The van der Waals surface area contributed by atoms with Crippen LogP contribution in [0.25, 0.3) is 11.3 Å². The van der Waals surface area contributed by atoms with Crippen LogP contribution in [-0.4, -0.2) is 27.0 Å². The molecule has 0 unspecified atom stereocenters. The molecule has 0 bridgehead atoms. The van der Waals surface area contributed by atoms with Crippen molar-refractivity contribution in [3.05, 3.63) is 71.9 Å². The second-order valence-corrected chi connectivity index (χ2v) is 5.12. The van der Waals surface area contributed by atoms with Crippen molar-refractivity contribution < 1.29 is 18.0 Å². The smallest absolute Gasteiger partial charge is 0.282 e. The molecule has 2 aromatic carbocycles. The second-order valence-electron chi connectivity index (χ2n) is 5.12. The minimum Gasteiger partial charge on any atom is -0.282 e. The third-order valence-electron chi connectivity index (χ3n) is 3.43. The Morgan fingerprint density at radius 1 is 0.958 bits per heavy atom. The molecule has 122 valence electrons. The lowest BCUT2D eigenvalue weighted by molar-refractivity contribution is -0.0890. The zero-order chi connectivity index (χ0) is 17.2. The van der Waals surface area contributed by atoms with E-state index in [1.54, 1.807) is 60.7 Å². The summed E-state index contributed by atoms with van der Waals surface area (Å²) in [5.41, 5.74) is 0.494. The van der Waals surface area contributed by atoms with E-state index >= 15 is 0 Å². The normalized spacial score (nSPS) is 11.5. The Labute approximate surface area is 135 Å². The van der Waals surface area contributed by atoms with Crippen molar-refractivity contribution in [1.82, 2.24) is 15.0 Å². The molecule has 7 heteroatoms. The summed E-state index contributed by atoms with van der Waals surface area (Å²) in [4.78, 5) is 11.9. The highest BCUT2D eigenvalue weighted by atomic mass is 19.4. The van der Waals surface area contributed by atoms with Crippen molar-refractivity contribution in [1.29, 1.82) is 0 Å². The van der Waals surface area contributed by atoms with Gasteiger partial charge in [-0.2, -0.15) is 13.2 Å². The highest BCUT2D eigenvalue weighted by molar-refractivity contribution is 6.03. The van der Waals surface area contributed by atoms with E-state index in [-0.39, 0.29) is 12.2 Å². The first-order chi connectivity index (χ1) is 11.5. The van der Waals surface area contributed by atoms with E-state index in [1.807, 2.05) is 0 Å². The van der Waals surface area contributed by atoms with Gasteiger partial charge in [0.1, 0.15) is 11.4 Å². The zero-order valence-electron chi connectivity index (χ0n) is 12.4. The number of aromatic nitrogens is 3. The van der Waals surface area contributed by atoms with Gasteiger partial charge in [0.2, 0.25) is 0 Å². The van der Waals surface area contributed by atoms with Crippen molar-refractivity contribution >= 4 is 5.78 Å². The number of halogens is 3. The van der Waals surface area contributed by atoms with Gasteiger partial charge >= 0.3 is 6.18 Å². The molecule has 0 aliphatic heterocycles. The van der Waals surface area contributed by atoms with Crippen LogP contribution in [0.1, 0.15) is 16.1 Å². The number of nitrogens with zero attached hydrogens (tertiary/aromatic N) is 3. The number of rotatable bonds is 4. The molecule has 24 heavy (non-hydrogen) atoms. The number of Topliss-reactive ketones (excluding diaryl/α,β-unsaturated/α-hetero) is 1. The van der Waals surface area contributed by atoms with E-state index in [9.17, 15) is 18.0 Å². The largest absolute Gasteiger partial charge is 0.456 e. The van der Waals surface area contributed by atoms with E-state index in [2.05, 4.69) is 10.3 Å². The molecule has 0 aliphatic carbocycles. The summed E-state index contributed by atoms with van der Waals surface area (Å²) >= 11 is 0. The van der Waals surface area contributed by atoms with Gasteiger partial charge in [-0.15, -0.1) is 5.10 Å². The Balaban J connectivity index is 2.10. The number of carbonyl (C=O) groups is 1. The summed E-state index contributed by atoms with van der Waals surface area (Å²) in [5, 5.41) is 7.58. The molecule has 0 N–H and O–H groups in total. The Kier molecular flexibility index (Phi) is 4.16. The number of alkyl halides is 3. The molecular weight excluding hydrogens is 319 g/mol. The first-order valence-electron chi connectivity index (χ1n) is 7.11. The van der Waals surface area contributed by atoms with Crippen molar-refractivity contribution in [3.63, 3.8) is 0 Å². The molecule has 0 amide bonds. The number of ketones is 1. The number of carbonyl (C=O) groups excluding carboxylic acids is 1. The maximum atomic E-state index is 13.0. The molecule has 4 nitrogen and oxygen atoms in total. The lowest BCUT2D eigenvalue weighted by atomic mass is 10.1. The SMILES string of the molecule is O=C(c1c(-c2ccccc2)nnn1Cc1ccccc1)C(F)(F)F. The van der Waals surface area contributed by atoms with Crippen LogP contribution in [0.3, 0.4) is 0 Å². The van der Waals surface area contributed by atoms with Gasteiger partial charge in [-0.1, -0.05) is 65.9 Å². The van der Waals surface area contributed by atoms with Gasteiger partial charge in [-0.25, -0.2) is 4.68 Å². The molecule has 0 radical (unpaired) electrons. The Morgan fingerprint density at radius 3 is 2.12 bits per heavy atom. The summed E-state index contributed by atoms with van der Waals surface area (Å²) in [6, 6.07) is 17.0. The minimum absolute atomic E-state index is 0.0256. The first kappa shape index (κ1) is 15.9. The van der Waals surface area contributed by atoms with Gasteiger partial charge in [0.05, 0.1) is 6.54 Å². The molecule has 0 aliphatic rings. The van der Waals surface area contributed by atoms with E-state index in [1.165, 1.54) is 0 Å². The quantitative estimate of drug-likeness (QED) is 0.684. The molecule has 0 saturated carbocycles. The molecule has 1 aromatic heterocycles. The fourth-order valence-corrected chi connectivity index (χ4v) is 2.33. The van der Waals surface area contributed by atoms with Crippen LogP contribution >= 0.6 is 0 Å². The van der Waals surface area contributed by atoms with Gasteiger partial charge in [-0.05, 0) is 5.56 Å². The lowest BCUT2D eigenvalue weighted by Crippen LogP contribution is -2.26. The molecule has 0 saturated heterocycles. The first-order valence-corrected chi connectivity index (χ1v) is 7.11. The van der Waals surface area contributed by atoms with Crippen molar-refractivity contribution in [2.75, 3.05) is 0 Å². The van der Waals surface area contributed by atoms with Crippen molar-refractivity contribution in [2.45, 2.75) is 12.7 Å². The topological polar surface area (TPSA) is 47.8 Å². The average Bonchev–Trinajstić information content (AvgIpc) is 2.98. The van der Waals surface area contributed by atoms with Gasteiger partial charge in [0.15, 0.2) is 0 Å². The van der Waals surface area contributed by atoms with Crippen LogP contribution in [0.2, 0.25) is 0 Å². The maximum Gasteiger partial charge on any atom is 0.456 e. The molecule has 0 fully saturated rings. The maximum absolute atomic E-state index is 13.0. The van der Waals surface area contributed by atoms with E-state index in [0.717, 1.165) is 10.2 Å². The monoisotopic (exact) mass is 331 g/mol. The summed E-state index contributed by atoms with van der Waals surface area (Å²) in [6.45, 7) is 0.0256. The van der Waals surface area contributed by atoms with Crippen LogP contribution in [0.4, 0.5) is 13.2 Å². The fraction of sp³-hybridized carbons (Fsp3) is 0.118.